The third kappa shape index (κ3) is 5.38. The number of esters is 1. The van der Waals surface area contributed by atoms with Crippen LogP contribution in [0.25, 0.3) is 11.1 Å². The average molecular weight is 488 g/mol. The summed E-state index contributed by atoms with van der Waals surface area (Å²) in [5.41, 5.74) is 3.83. The third-order valence-electron chi connectivity index (χ3n) is 5.00. The van der Waals surface area contributed by atoms with Crippen molar-refractivity contribution in [2.24, 2.45) is 0 Å². The smallest absolute Gasteiger partial charge is 0.409 e. The number of benzene rings is 1. The van der Waals surface area contributed by atoms with Gasteiger partial charge in [0.25, 0.3) is 0 Å². The summed E-state index contributed by atoms with van der Waals surface area (Å²) in [6, 6.07) is 5.14. The zero-order valence-electron chi connectivity index (χ0n) is 18.6. The molecule has 8 nitrogen and oxygen atoms in total. The summed E-state index contributed by atoms with van der Waals surface area (Å²) >= 11 is 0. The Kier molecular flexibility index (Phi) is 6.65. The number of hydrazine groups is 1. The van der Waals surface area contributed by atoms with Gasteiger partial charge >= 0.3 is 12.1 Å². The first-order chi connectivity index (χ1) is 16.7. The molecule has 3 heterocycles. The lowest BCUT2D eigenvalue weighted by Crippen LogP contribution is -2.45. The van der Waals surface area contributed by atoms with Crippen LogP contribution in [-0.2, 0) is 4.74 Å². The van der Waals surface area contributed by atoms with Crippen molar-refractivity contribution in [3.05, 3.63) is 72.1 Å². The fourth-order valence-electron chi connectivity index (χ4n) is 3.41. The van der Waals surface area contributed by atoms with Crippen LogP contribution in [-0.4, -0.2) is 39.7 Å². The third-order valence-corrected chi connectivity index (χ3v) is 5.00. The van der Waals surface area contributed by atoms with Gasteiger partial charge in [-0.15, -0.1) is 0 Å². The Labute approximate surface area is 197 Å². The molecule has 0 aliphatic carbocycles. The van der Waals surface area contributed by atoms with Gasteiger partial charge in [-0.2, -0.15) is 18.2 Å². The Balaban J connectivity index is 1.77. The molecule has 4 rings (SSSR count). The summed E-state index contributed by atoms with van der Waals surface area (Å²) in [4.78, 5) is 24.9. The minimum Gasteiger partial charge on any atom is -0.462 e. The van der Waals surface area contributed by atoms with Crippen molar-refractivity contribution in [2.75, 3.05) is 16.9 Å². The van der Waals surface area contributed by atoms with Crippen LogP contribution in [0, 0.1) is 5.82 Å². The molecule has 0 saturated heterocycles. The summed E-state index contributed by atoms with van der Waals surface area (Å²) < 4.78 is 58.8. The van der Waals surface area contributed by atoms with E-state index in [1.54, 1.807) is 13.0 Å². The molecule has 1 aliphatic rings. The number of rotatable bonds is 6. The maximum absolute atomic E-state index is 13.6. The molecule has 12 heteroatoms. The van der Waals surface area contributed by atoms with E-state index in [0.29, 0.717) is 16.8 Å². The zero-order chi connectivity index (χ0) is 25.2. The van der Waals surface area contributed by atoms with Gasteiger partial charge in [0.15, 0.2) is 5.82 Å². The summed E-state index contributed by atoms with van der Waals surface area (Å²) in [5, 5.41) is 4.03. The molecule has 1 aromatic carbocycles. The number of alkyl halides is 3. The minimum atomic E-state index is -4.53. The van der Waals surface area contributed by atoms with Crippen LogP contribution < -0.4 is 15.8 Å². The van der Waals surface area contributed by atoms with E-state index in [2.05, 4.69) is 25.7 Å². The number of nitrogens with zero attached hydrogens (tertiary/aromatic N) is 4. The summed E-state index contributed by atoms with van der Waals surface area (Å²) in [7, 11) is 0. The zero-order valence-corrected chi connectivity index (χ0v) is 18.6. The fraction of sp³-hybridized carbons (Fsp3) is 0.217. The highest BCUT2D eigenvalue weighted by molar-refractivity contribution is 5.91. The molecule has 3 aromatic rings. The largest absolute Gasteiger partial charge is 0.462 e. The number of nitrogens with one attached hydrogen (secondary N) is 2. The van der Waals surface area contributed by atoms with Gasteiger partial charge in [-0.05, 0) is 44.2 Å². The Morgan fingerprint density at radius 3 is 2.71 bits per heavy atom. The monoisotopic (exact) mass is 488 g/mol. The number of hydrogen-bond acceptors (Lipinski definition) is 8. The Morgan fingerprint density at radius 2 is 2.03 bits per heavy atom. The van der Waals surface area contributed by atoms with Gasteiger partial charge in [0.05, 0.1) is 12.2 Å². The highest BCUT2D eigenvalue weighted by Gasteiger charge is 2.43. The highest BCUT2D eigenvalue weighted by atomic mass is 19.4. The minimum absolute atomic E-state index is 0.0221. The van der Waals surface area contributed by atoms with Crippen molar-refractivity contribution in [2.45, 2.75) is 26.1 Å². The molecule has 0 saturated carbocycles. The number of carbonyl (C=O) groups is 1. The second kappa shape index (κ2) is 9.66. The normalized spacial score (nSPS) is 15.7. The lowest BCUT2D eigenvalue weighted by molar-refractivity contribution is -0.142. The van der Waals surface area contributed by atoms with E-state index in [0.717, 1.165) is 6.08 Å². The van der Waals surface area contributed by atoms with Gasteiger partial charge < -0.3 is 10.1 Å². The second-order valence-electron chi connectivity index (χ2n) is 7.54. The quantitative estimate of drug-likeness (QED) is 0.379. The number of carbonyl (C=O) groups excluding carboxylic acids is 1. The summed E-state index contributed by atoms with van der Waals surface area (Å²) in [5.74, 6) is -0.987. The van der Waals surface area contributed by atoms with Crippen LogP contribution in [0.5, 0.6) is 0 Å². The maximum Gasteiger partial charge on any atom is 0.409 e. The SMILES string of the molecule is CCOC(=O)c1cncc(-c2cnc(Nc3cccc(F)c3)nc2N2NC(C(F)(F)F)C=C2C)c1. The van der Waals surface area contributed by atoms with Crippen LogP contribution in [0.15, 0.2) is 60.7 Å². The molecule has 182 valence electrons. The van der Waals surface area contributed by atoms with Crippen molar-refractivity contribution in [1.82, 2.24) is 20.4 Å². The number of aromatic nitrogens is 3. The molecular formula is C23H20F4N6O2. The summed E-state index contributed by atoms with van der Waals surface area (Å²) in [6.07, 6.45) is 0.629. The molecule has 2 N–H and O–H groups in total. The van der Waals surface area contributed by atoms with Crippen LogP contribution in [0.2, 0.25) is 0 Å². The van der Waals surface area contributed by atoms with E-state index in [9.17, 15) is 22.4 Å². The number of allylic oxidation sites excluding steroid dienone is 1. The highest BCUT2D eigenvalue weighted by Crippen LogP contribution is 2.35. The molecule has 0 amide bonds. The van der Waals surface area contributed by atoms with Crippen LogP contribution >= 0.6 is 0 Å². The van der Waals surface area contributed by atoms with Crippen molar-refractivity contribution in [3.63, 3.8) is 0 Å². The number of ether oxygens (including phenoxy) is 1. The van der Waals surface area contributed by atoms with Gasteiger partial charge in [0, 0.05) is 41.1 Å². The maximum atomic E-state index is 13.6. The number of anilines is 3. The first kappa shape index (κ1) is 24.1. The standard InChI is InChI=1S/C23H20F4N6O2/c1-3-35-21(34)15-8-14(10-28-11-15)18-12-29-22(30-17-6-4-5-16(24)9-17)31-20(18)33-13(2)7-19(32-33)23(25,26)27/h4-12,19,32H,3H2,1-2H3,(H,29,30,31). The predicted octanol–water partition coefficient (Wildman–Crippen LogP) is 4.76. The van der Waals surface area contributed by atoms with E-state index >= 15 is 0 Å². The van der Waals surface area contributed by atoms with E-state index in [4.69, 9.17) is 4.74 Å². The molecule has 0 fully saturated rings. The predicted molar refractivity (Wildman–Crippen MR) is 120 cm³/mol. The molecule has 0 spiro atoms. The van der Waals surface area contributed by atoms with Crippen LogP contribution in [0.3, 0.4) is 0 Å². The molecule has 0 bridgehead atoms. The first-order valence-corrected chi connectivity index (χ1v) is 10.5. The molecule has 1 unspecified atom stereocenters. The van der Waals surface area contributed by atoms with Crippen LogP contribution in [0.4, 0.5) is 35.0 Å². The molecule has 35 heavy (non-hydrogen) atoms. The van der Waals surface area contributed by atoms with Gasteiger partial charge in [-0.1, -0.05) is 6.07 Å². The Morgan fingerprint density at radius 1 is 1.23 bits per heavy atom. The van der Waals surface area contributed by atoms with E-state index in [-0.39, 0.29) is 29.6 Å². The number of halogens is 4. The molecule has 2 aromatic heterocycles. The van der Waals surface area contributed by atoms with Gasteiger partial charge in [0.1, 0.15) is 11.9 Å². The van der Waals surface area contributed by atoms with E-state index < -0.39 is 24.0 Å². The van der Waals surface area contributed by atoms with Gasteiger partial charge in [-0.3, -0.25) is 9.99 Å². The Hall–Kier alpha value is -4.06. The molecular weight excluding hydrogens is 468 g/mol. The number of hydrogen-bond donors (Lipinski definition) is 2. The fourth-order valence-corrected chi connectivity index (χ4v) is 3.41. The van der Waals surface area contributed by atoms with Crippen molar-refractivity contribution in [1.29, 1.82) is 0 Å². The van der Waals surface area contributed by atoms with Gasteiger partial charge in [0.2, 0.25) is 5.95 Å². The first-order valence-electron chi connectivity index (χ1n) is 10.5. The average Bonchev–Trinajstić information content (AvgIpc) is 3.21. The number of pyridine rings is 1. The molecule has 0 radical (unpaired) electrons. The van der Waals surface area contributed by atoms with Gasteiger partial charge in [-0.25, -0.2) is 19.6 Å². The molecule has 1 atom stereocenters. The lowest BCUT2D eigenvalue weighted by Gasteiger charge is -2.25. The topological polar surface area (TPSA) is 92.3 Å². The van der Waals surface area contributed by atoms with E-state index in [1.807, 2.05) is 0 Å². The molecule has 1 aliphatic heterocycles. The van der Waals surface area contributed by atoms with Crippen molar-refractivity contribution >= 4 is 23.4 Å². The second-order valence-corrected chi connectivity index (χ2v) is 7.54. The van der Waals surface area contributed by atoms with Crippen molar-refractivity contribution in [3.8, 4) is 11.1 Å². The van der Waals surface area contributed by atoms with Crippen molar-refractivity contribution < 1.29 is 27.1 Å². The lowest BCUT2D eigenvalue weighted by atomic mass is 10.1. The Bertz CT molecular complexity index is 1280. The van der Waals surface area contributed by atoms with E-state index in [1.165, 1.54) is 54.8 Å². The van der Waals surface area contributed by atoms with Crippen LogP contribution in [0.1, 0.15) is 24.2 Å². The summed E-state index contributed by atoms with van der Waals surface area (Å²) in [6.45, 7) is 3.33.